The fourth-order valence-corrected chi connectivity index (χ4v) is 2.61. The Morgan fingerprint density at radius 2 is 1.90 bits per heavy atom. The number of carbonyl (C=O) groups is 1. The number of anilines is 1. The van der Waals surface area contributed by atoms with Crippen LogP contribution in [0.15, 0.2) is 36.4 Å². The van der Waals surface area contributed by atoms with Gasteiger partial charge < -0.3 is 10.6 Å². The van der Waals surface area contributed by atoms with Crippen molar-refractivity contribution >= 4 is 57.5 Å². The number of aromatic nitrogens is 1. The number of hydrogen-bond acceptors (Lipinski definition) is 2. The number of rotatable bonds is 3. The fourth-order valence-electron chi connectivity index (χ4n) is 1.54. The molecule has 104 valence electrons. The first kappa shape index (κ1) is 15.3. The SMILES string of the molecule is O=C(NCc1cccc(I)c1)Nc1cc(Cl)nc(Cl)c1. The van der Waals surface area contributed by atoms with Crippen molar-refractivity contribution < 1.29 is 4.79 Å². The lowest BCUT2D eigenvalue weighted by atomic mass is 10.2. The summed E-state index contributed by atoms with van der Waals surface area (Å²) in [5.74, 6) is 0. The van der Waals surface area contributed by atoms with Gasteiger partial charge in [0.05, 0.1) is 0 Å². The Bertz CT molecular complexity index is 617. The third kappa shape index (κ3) is 4.81. The Labute approximate surface area is 140 Å². The van der Waals surface area contributed by atoms with Crippen molar-refractivity contribution in [3.05, 3.63) is 55.8 Å². The van der Waals surface area contributed by atoms with Gasteiger partial charge in [-0.3, -0.25) is 0 Å². The molecule has 0 aliphatic rings. The first-order valence-corrected chi connectivity index (χ1v) is 7.49. The molecule has 1 aromatic carbocycles. The van der Waals surface area contributed by atoms with Crippen LogP contribution >= 0.6 is 45.8 Å². The average Bonchev–Trinajstić information content (AvgIpc) is 2.35. The van der Waals surface area contributed by atoms with E-state index >= 15 is 0 Å². The summed E-state index contributed by atoms with van der Waals surface area (Å²) in [6.45, 7) is 0.440. The molecule has 20 heavy (non-hydrogen) atoms. The molecule has 0 fully saturated rings. The highest BCUT2D eigenvalue weighted by atomic mass is 127. The summed E-state index contributed by atoms with van der Waals surface area (Å²) in [5, 5.41) is 5.86. The van der Waals surface area contributed by atoms with E-state index in [0.29, 0.717) is 12.2 Å². The highest BCUT2D eigenvalue weighted by Gasteiger charge is 2.04. The summed E-state index contributed by atoms with van der Waals surface area (Å²) < 4.78 is 1.12. The number of urea groups is 1. The van der Waals surface area contributed by atoms with E-state index in [9.17, 15) is 4.79 Å². The Balaban J connectivity index is 1.92. The molecule has 0 saturated carbocycles. The zero-order valence-corrected chi connectivity index (χ0v) is 13.8. The number of carbonyl (C=O) groups excluding carboxylic acids is 1. The van der Waals surface area contributed by atoms with Crippen LogP contribution in [0, 0.1) is 3.57 Å². The Morgan fingerprint density at radius 3 is 2.55 bits per heavy atom. The summed E-state index contributed by atoms with van der Waals surface area (Å²) >= 11 is 13.7. The number of nitrogens with zero attached hydrogens (tertiary/aromatic N) is 1. The van der Waals surface area contributed by atoms with E-state index in [1.54, 1.807) is 0 Å². The third-order valence-electron chi connectivity index (χ3n) is 2.36. The first-order valence-electron chi connectivity index (χ1n) is 5.65. The summed E-state index contributed by atoms with van der Waals surface area (Å²) in [7, 11) is 0. The largest absolute Gasteiger partial charge is 0.334 e. The van der Waals surface area contributed by atoms with E-state index in [-0.39, 0.29) is 16.3 Å². The van der Waals surface area contributed by atoms with Gasteiger partial charge in [0.15, 0.2) is 0 Å². The number of hydrogen-bond donors (Lipinski definition) is 2. The van der Waals surface area contributed by atoms with Crippen LogP contribution < -0.4 is 10.6 Å². The Kier molecular flexibility index (Phi) is 5.45. The van der Waals surface area contributed by atoms with Crippen LogP contribution in [-0.2, 0) is 6.54 Å². The highest BCUT2D eigenvalue weighted by molar-refractivity contribution is 14.1. The number of pyridine rings is 1. The summed E-state index contributed by atoms with van der Waals surface area (Å²) in [6.07, 6.45) is 0. The Morgan fingerprint density at radius 1 is 1.20 bits per heavy atom. The molecule has 0 spiro atoms. The minimum atomic E-state index is -0.331. The molecule has 0 aliphatic heterocycles. The molecule has 0 unspecified atom stereocenters. The summed E-state index contributed by atoms with van der Waals surface area (Å²) in [5.41, 5.74) is 1.52. The van der Waals surface area contributed by atoms with Crippen LogP contribution in [0.3, 0.4) is 0 Å². The first-order chi connectivity index (χ1) is 9.52. The number of nitrogens with one attached hydrogen (secondary N) is 2. The van der Waals surface area contributed by atoms with Crippen molar-refractivity contribution in [3.63, 3.8) is 0 Å². The molecule has 0 bridgehead atoms. The molecule has 2 N–H and O–H groups in total. The van der Waals surface area contributed by atoms with Gasteiger partial charge in [-0.1, -0.05) is 35.3 Å². The van der Waals surface area contributed by atoms with Crippen LogP contribution in [0.1, 0.15) is 5.56 Å². The predicted molar refractivity (Wildman–Crippen MR) is 89.3 cm³/mol. The molecular formula is C13H10Cl2IN3O. The van der Waals surface area contributed by atoms with Gasteiger partial charge in [-0.15, -0.1) is 0 Å². The maximum atomic E-state index is 11.8. The van der Waals surface area contributed by atoms with Gasteiger partial charge in [-0.2, -0.15) is 0 Å². The molecule has 0 atom stereocenters. The minimum absolute atomic E-state index is 0.227. The molecule has 1 aromatic heterocycles. The monoisotopic (exact) mass is 421 g/mol. The van der Waals surface area contributed by atoms with Crippen LogP contribution in [0.2, 0.25) is 10.3 Å². The van der Waals surface area contributed by atoms with Crippen molar-refractivity contribution in [2.24, 2.45) is 0 Å². The molecular weight excluding hydrogens is 412 g/mol. The van der Waals surface area contributed by atoms with E-state index in [1.165, 1.54) is 12.1 Å². The third-order valence-corrected chi connectivity index (χ3v) is 3.42. The van der Waals surface area contributed by atoms with Gasteiger partial charge >= 0.3 is 6.03 Å². The number of amides is 2. The maximum Gasteiger partial charge on any atom is 0.319 e. The molecule has 2 amide bonds. The van der Waals surface area contributed by atoms with Gasteiger partial charge in [0.25, 0.3) is 0 Å². The van der Waals surface area contributed by atoms with E-state index in [4.69, 9.17) is 23.2 Å². The molecule has 0 aliphatic carbocycles. The van der Waals surface area contributed by atoms with Crippen LogP contribution in [-0.4, -0.2) is 11.0 Å². The predicted octanol–water partition coefficient (Wildman–Crippen LogP) is 4.31. The van der Waals surface area contributed by atoms with Crippen molar-refractivity contribution in [1.29, 1.82) is 0 Å². The van der Waals surface area contributed by atoms with Crippen molar-refractivity contribution in [2.45, 2.75) is 6.54 Å². The summed E-state index contributed by atoms with van der Waals surface area (Å²) in [6, 6.07) is 10.6. The molecule has 1 heterocycles. The molecule has 2 aromatic rings. The second-order valence-corrected chi connectivity index (χ2v) is 5.96. The van der Waals surface area contributed by atoms with E-state index in [2.05, 4.69) is 38.2 Å². The Hall–Kier alpha value is -1.05. The quantitative estimate of drug-likeness (QED) is 0.572. The second-order valence-electron chi connectivity index (χ2n) is 3.94. The van der Waals surface area contributed by atoms with Crippen molar-refractivity contribution in [2.75, 3.05) is 5.32 Å². The highest BCUT2D eigenvalue weighted by Crippen LogP contribution is 2.18. The van der Waals surface area contributed by atoms with Gasteiger partial charge in [0, 0.05) is 15.8 Å². The van der Waals surface area contributed by atoms with E-state index in [1.807, 2.05) is 24.3 Å². The minimum Gasteiger partial charge on any atom is -0.334 e. The zero-order chi connectivity index (χ0) is 14.5. The van der Waals surface area contributed by atoms with Crippen LogP contribution in [0.25, 0.3) is 0 Å². The van der Waals surface area contributed by atoms with Gasteiger partial charge in [-0.25, -0.2) is 9.78 Å². The summed E-state index contributed by atoms with van der Waals surface area (Å²) in [4.78, 5) is 15.6. The fraction of sp³-hybridized carbons (Fsp3) is 0.0769. The normalized spacial score (nSPS) is 10.2. The van der Waals surface area contributed by atoms with E-state index in [0.717, 1.165) is 9.13 Å². The molecule has 0 saturated heterocycles. The second kappa shape index (κ2) is 7.10. The van der Waals surface area contributed by atoms with Gasteiger partial charge in [0.2, 0.25) is 0 Å². The molecule has 0 radical (unpaired) electrons. The van der Waals surface area contributed by atoms with Crippen molar-refractivity contribution in [1.82, 2.24) is 10.3 Å². The number of benzene rings is 1. The number of halogens is 3. The lowest BCUT2D eigenvalue weighted by Gasteiger charge is -2.08. The molecule has 2 rings (SSSR count). The lowest BCUT2D eigenvalue weighted by Crippen LogP contribution is -2.28. The van der Waals surface area contributed by atoms with E-state index < -0.39 is 0 Å². The van der Waals surface area contributed by atoms with Crippen molar-refractivity contribution in [3.8, 4) is 0 Å². The van der Waals surface area contributed by atoms with Gasteiger partial charge in [-0.05, 0) is 52.4 Å². The standard InChI is InChI=1S/C13H10Cl2IN3O/c14-11-5-10(6-12(15)19-11)18-13(20)17-7-8-2-1-3-9(16)4-8/h1-6H,7H2,(H2,17,18,19,20). The average molecular weight is 422 g/mol. The maximum absolute atomic E-state index is 11.8. The van der Waals surface area contributed by atoms with Crippen LogP contribution in [0.4, 0.5) is 10.5 Å². The topological polar surface area (TPSA) is 54.0 Å². The molecule has 4 nitrogen and oxygen atoms in total. The lowest BCUT2D eigenvalue weighted by molar-refractivity contribution is 0.251. The molecule has 7 heteroatoms. The van der Waals surface area contributed by atoms with Crippen LogP contribution in [0.5, 0.6) is 0 Å². The smallest absolute Gasteiger partial charge is 0.319 e. The zero-order valence-electron chi connectivity index (χ0n) is 10.2. The van der Waals surface area contributed by atoms with Gasteiger partial charge in [0.1, 0.15) is 10.3 Å².